The van der Waals surface area contributed by atoms with Gasteiger partial charge in [-0.05, 0) is 49.2 Å². The third-order valence-corrected chi connectivity index (χ3v) is 5.34. The van der Waals surface area contributed by atoms with Crippen molar-refractivity contribution in [3.63, 3.8) is 0 Å². The molecular formula is C19H17Cl3N2O2. The van der Waals surface area contributed by atoms with Crippen LogP contribution in [0.5, 0.6) is 0 Å². The van der Waals surface area contributed by atoms with Crippen molar-refractivity contribution in [2.45, 2.75) is 18.9 Å². The van der Waals surface area contributed by atoms with Crippen LogP contribution in [0.15, 0.2) is 42.5 Å². The van der Waals surface area contributed by atoms with Crippen LogP contribution in [0.4, 0.5) is 0 Å². The molecule has 0 unspecified atom stereocenters. The first kappa shape index (κ1) is 19.0. The lowest BCUT2D eigenvalue weighted by molar-refractivity contribution is 0.0698. The molecule has 0 saturated carbocycles. The van der Waals surface area contributed by atoms with E-state index in [2.05, 4.69) is 5.32 Å². The van der Waals surface area contributed by atoms with E-state index in [1.807, 2.05) is 0 Å². The zero-order chi connectivity index (χ0) is 18.7. The van der Waals surface area contributed by atoms with E-state index in [1.54, 1.807) is 47.4 Å². The van der Waals surface area contributed by atoms with E-state index in [1.165, 1.54) is 0 Å². The van der Waals surface area contributed by atoms with Gasteiger partial charge in [0.1, 0.15) is 0 Å². The Morgan fingerprint density at radius 1 is 0.923 bits per heavy atom. The van der Waals surface area contributed by atoms with Crippen LogP contribution in [-0.2, 0) is 0 Å². The predicted molar refractivity (Wildman–Crippen MR) is 104 cm³/mol. The number of hydrogen-bond donors (Lipinski definition) is 1. The van der Waals surface area contributed by atoms with Crippen molar-refractivity contribution in [2.75, 3.05) is 13.1 Å². The molecule has 1 aliphatic heterocycles. The van der Waals surface area contributed by atoms with Crippen LogP contribution in [0.25, 0.3) is 0 Å². The highest BCUT2D eigenvalue weighted by Gasteiger charge is 2.25. The third-order valence-electron chi connectivity index (χ3n) is 4.37. The molecule has 0 radical (unpaired) electrons. The molecule has 0 aliphatic carbocycles. The van der Waals surface area contributed by atoms with Crippen LogP contribution in [0.1, 0.15) is 33.6 Å². The van der Waals surface area contributed by atoms with E-state index in [-0.39, 0.29) is 17.9 Å². The van der Waals surface area contributed by atoms with E-state index in [0.29, 0.717) is 52.1 Å². The average molecular weight is 412 g/mol. The summed E-state index contributed by atoms with van der Waals surface area (Å²) in [5, 5.41) is 4.32. The van der Waals surface area contributed by atoms with Crippen LogP contribution in [0, 0.1) is 0 Å². The molecule has 0 spiro atoms. The number of rotatable bonds is 3. The Morgan fingerprint density at radius 3 is 2.31 bits per heavy atom. The van der Waals surface area contributed by atoms with Crippen molar-refractivity contribution in [1.82, 2.24) is 10.2 Å². The fourth-order valence-electron chi connectivity index (χ4n) is 2.94. The lowest BCUT2D eigenvalue weighted by Crippen LogP contribution is -2.46. The molecule has 2 aromatic carbocycles. The van der Waals surface area contributed by atoms with Crippen molar-refractivity contribution in [3.8, 4) is 0 Å². The molecule has 1 fully saturated rings. The van der Waals surface area contributed by atoms with Gasteiger partial charge in [0.25, 0.3) is 11.8 Å². The van der Waals surface area contributed by atoms with Gasteiger partial charge in [0, 0.05) is 35.3 Å². The SMILES string of the molecule is O=C(NC1CCN(C(=O)c2ccc(Cl)c(Cl)c2)CC1)c1cccc(Cl)c1. The Hall–Kier alpha value is -1.75. The maximum atomic E-state index is 12.6. The van der Waals surface area contributed by atoms with Gasteiger partial charge in [0.2, 0.25) is 0 Å². The number of benzene rings is 2. The van der Waals surface area contributed by atoms with E-state index >= 15 is 0 Å². The molecule has 1 aliphatic rings. The maximum absolute atomic E-state index is 12.6. The summed E-state index contributed by atoms with van der Waals surface area (Å²) in [4.78, 5) is 26.6. The number of hydrogen-bond acceptors (Lipinski definition) is 2. The van der Waals surface area contributed by atoms with Crippen LogP contribution < -0.4 is 5.32 Å². The number of carbonyl (C=O) groups excluding carboxylic acids is 2. The summed E-state index contributed by atoms with van der Waals surface area (Å²) in [7, 11) is 0. The van der Waals surface area contributed by atoms with Crippen LogP contribution in [-0.4, -0.2) is 35.8 Å². The zero-order valence-electron chi connectivity index (χ0n) is 13.8. The quantitative estimate of drug-likeness (QED) is 0.797. The molecule has 1 saturated heterocycles. The highest BCUT2D eigenvalue weighted by atomic mass is 35.5. The summed E-state index contributed by atoms with van der Waals surface area (Å²) < 4.78 is 0. The summed E-state index contributed by atoms with van der Waals surface area (Å²) in [5.41, 5.74) is 1.05. The molecule has 4 nitrogen and oxygen atoms in total. The number of likely N-dealkylation sites (tertiary alicyclic amines) is 1. The fourth-order valence-corrected chi connectivity index (χ4v) is 3.43. The van der Waals surface area contributed by atoms with Gasteiger partial charge in [-0.25, -0.2) is 0 Å². The van der Waals surface area contributed by atoms with Crippen molar-refractivity contribution >= 4 is 46.6 Å². The van der Waals surface area contributed by atoms with E-state index in [4.69, 9.17) is 34.8 Å². The van der Waals surface area contributed by atoms with Gasteiger partial charge in [-0.1, -0.05) is 40.9 Å². The van der Waals surface area contributed by atoms with Gasteiger partial charge >= 0.3 is 0 Å². The number of carbonyl (C=O) groups is 2. The highest BCUT2D eigenvalue weighted by molar-refractivity contribution is 6.42. The Bertz CT molecular complexity index is 833. The smallest absolute Gasteiger partial charge is 0.253 e. The van der Waals surface area contributed by atoms with Crippen LogP contribution in [0.3, 0.4) is 0 Å². The van der Waals surface area contributed by atoms with Crippen molar-refractivity contribution in [3.05, 3.63) is 68.7 Å². The van der Waals surface area contributed by atoms with Gasteiger partial charge in [0.05, 0.1) is 10.0 Å². The minimum Gasteiger partial charge on any atom is -0.349 e. The number of halogens is 3. The number of amides is 2. The molecule has 1 heterocycles. The summed E-state index contributed by atoms with van der Waals surface area (Å²) >= 11 is 17.8. The van der Waals surface area contributed by atoms with Crippen molar-refractivity contribution in [2.24, 2.45) is 0 Å². The molecule has 26 heavy (non-hydrogen) atoms. The second-order valence-electron chi connectivity index (χ2n) is 6.18. The van der Waals surface area contributed by atoms with E-state index in [9.17, 15) is 9.59 Å². The fraction of sp³-hybridized carbons (Fsp3) is 0.263. The van der Waals surface area contributed by atoms with Gasteiger partial charge in [-0.3, -0.25) is 9.59 Å². The van der Waals surface area contributed by atoms with Crippen LogP contribution >= 0.6 is 34.8 Å². The Morgan fingerprint density at radius 2 is 1.65 bits per heavy atom. The number of piperidine rings is 1. The molecule has 1 N–H and O–H groups in total. The summed E-state index contributed by atoms with van der Waals surface area (Å²) in [6.07, 6.45) is 1.39. The van der Waals surface area contributed by atoms with Crippen molar-refractivity contribution < 1.29 is 9.59 Å². The van der Waals surface area contributed by atoms with E-state index < -0.39 is 0 Å². The molecular weight excluding hydrogens is 395 g/mol. The predicted octanol–water partition coefficient (Wildman–Crippen LogP) is 4.68. The number of nitrogens with one attached hydrogen (secondary N) is 1. The summed E-state index contributed by atoms with van der Waals surface area (Å²) in [6, 6.07) is 11.7. The van der Waals surface area contributed by atoms with E-state index in [0.717, 1.165) is 0 Å². The Balaban J connectivity index is 1.56. The highest BCUT2D eigenvalue weighted by Crippen LogP contribution is 2.24. The lowest BCUT2D eigenvalue weighted by Gasteiger charge is -2.32. The first-order valence-corrected chi connectivity index (χ1v) is 9.38. The topological polar surface area (TPSA) is 49.4 Å². The molecule has 2 aromatic rings. The second kappa shape index (κ2) is 8.30. The zero-order valence-corrected chi connectivity index (χ0v) is 16.1. The minimum atomic E-state index is -0.151. The maximum Gasteiger partial charge on any atom is 0.253 e. The normalized spacial score (nSPS) is 15.0. The average Bonchev–Trinajstić information content (AvgIpc) is 2.64. The monoisotopic (exact) mass is 410 g/mol. The lowest BCUT2D eigenvalue weighted by atomic mass is 10.0. The largest absolute Gasteiger partial charge is 0.349 e. The molecule has 136 valence electrons. The molecule has 0 atom stereocenters. The first-order valence-electron chi connectivity index (χ1n) is 8.25. The molecule has 2 amide bonds. The Labute approximate surface area is 167 Å². The van der Waals surface area contributed by atoms with Crippen molar-refractivity contribution in [1.29, 1.82) is 0 Å². The molecule has 0 aromatic heterocycles. The second-order valence-corrected chi connectivity index (χ2v) is 7.43. The number of nitrogens with zero attached hydrogens (tertiary/aromatic N) is 1. The van der Waals surface area contributed by atoms with Gasteiger partial charge < -0.3 is 10.2 Å². The minimum absolute atomic E-state index is 0.0272. The van der Waals surface area contributed by atoms with Gasteiger partial charge in [-0.2, -0.15) is 0 Å². The first-order chi connectivity index (χ1) is 12.4. The standard InChI is InChI=1S/C19H17Cl3N2O2/c20-14-3-1-2-12(10-14)18(25)23-15-6-8-24(9-7-15)19(26)13-4-5-16(21)17(22)11-13/h1-5,10-11,15H,6-9H2,(H,23,25). The Kier molecular flexibility index (Phi) is 6.07. The van der Waals surface area contributed by atoms with Crippen LogP contribution in [0.2, 0.25) is 15.1 Å². The summed E-state index contributed by atoms with van der Waals surface area (Å²) in [5.74, 6) is -0.232. The molecule has 0 bridgehead atoms. The summed E-state index contributed by atoms with van der Waals surface area (Å²) in [6.45, 7) is 1.14. The molecule has 7 heteroatoms. The molecule has 3 rings (SSSR count). The van der Waals surface area contributed by atoms with Gasteiger partial charge in [-0.15, -0.1) is 0 Å². The third kappa shape index (κ3) is 4.50. The van der Waals surface area contributed by atoms with Gasteiger partial charge in [0.15, 0.2) is 0 Å².